The summed E-state index contributed by atoms with van der Waals surface area (Å²) in [6.45, 7) is 10.7. The van der Waals surface area contributed by atoms with Crippen molar-refractivity contribution in [2.24, 2.45) is 0 Å². The molecule has 10 nitrogen and oxygen atoms in total. The topological polar surface area (TPSA) is 119 Å². The van der Waals surface area contributed by atoms with Crippen LogP contribution < -0.4 is 4.31 Å². The molecule has 4 aromatic rings. The van der Waals surface area contributed by atoms with Gasteiger partial charge in [-0.15, -0.1) is 0 Å². The molecule has 0 unspecified atom stereocenters. The van der Waals surface area contributed by atoms with Gasteiger partial charge in [0.25, 0.3) is 10.0 Å². The van der Waals surface area contributed by atoms with Gasteiger partial charge in [0.2, 0.25) is 5.76 Å². The van der Waals surface area contributed by atoms with E-state index in [9.17, 15) is 18.0 Å². The highest BCUT2D eigenvalue weighted by Gasteiger charge is 2.30. The van der Waals surface area contributed by atoms with E-state index in [0.717, 1.165) is 0 Å². The number of hydrogen-bond acceptors (Lipinski definition) is 8. The minimum absolute atomic E-state index is 0.00152. The number of esters is 1. The van der Waals surface area contributed by atoms with Crippen molar-refractivity contribution in [3.8, 4) is 0 Å². The van der Waals surface area contributed by atoms with Crippen molar-refractivity contribution in [2.45, 2.75) is 65.1 Å². The van der Waals surface area contributed by atoms with Gasteiger partial charge in [0.15, 0.2) is 0 Å². The lowest BCUT2D eigenvalue weighted by Crippen LogP contribution is -2.37. The normalized spacial score (nSPS) is 11.9. The number of furan rings is 2. The summed E-state index contributed by atoms with van der Waals surface area (Å²) in [5.74, 6) is -0.0661. The van der Waals surface area contributed by atoms with Gasteiger partial charge < -0.3 is 18.3 Å². The fourth-order valence-electron chi connectivity index (χ4n) is 4.58. The van der Waals surface area contributed by atoms with E-state index in [4.69, 9.17) is 29.9 Å². The molecule has 0 fully saturated rings. The number of fused-ring (bicyclic) bond motifs is 1. The summed E-state index contributed by atoms with van der Waals surface area (Å²) in [6.07, 6.45) is 0.909. The van der Waals surface area contributed by atoms with Crippen LogP contribution in [0.25, 0.3) is 11.0 Å². The maximum atomic E-state index is 14.1. The lowest BCUT2D eigenvalue weighted by atomic mass is 10.1. The highest BCUT2D eigenvalue weighted by atomic mass is 35.5. The molecule has 0 saturated heterocycles. The maximum Gasteiger partial charge on any atom is 0.411 e. The summed E-state index contributed by atoms with van der Waals surface area (Å²) >= 11 is 6.37. The van der Waals surface area contributed by atoms with Crippen LogP contribution in [0.15, 0.2) is 68.5 Å². The number of nitrogens with zero attached hydrogens (tertiary/aromatic N) is 2. The summed E-state index contributed by atoms with van der Waals surface area (Å²) in [4.78, 5) is 27.0. The minimum atomic E-state index is -4.12. The first-order valence-corrected chi connectivity index (χ1v) is 15.6. The number of ether oxygens (including phenoxy) is 2. The number of hydrogen-bond donors (Lipinski definition) is 0. The van der Waals surface area contributed by atoms with Crippen LogP contribution in [0.3, 0.4) is 0 Å². The molecule has 230 valence electrons. The van der Waals surface area contributed by atoms with Gasteiger partial charge in [-0.05, 0) is 95.6 Å². The zero-order chi connectivity index (χ0) is 31.5. The molecule has 0 aliphatic carbocycles. The number of amides is 1. The SMILES string of the molecule is CCOC(=O)c1oc2ccc(S(=O)(=O)N(CC)c3ccc(Cl)cc3CN(Cc3ccco3)C(=O)OC(C)(C)C)cc2c1C. The molecule has 0 N–H and O–H groups in total. The molecule has 1 amide bonds. The van der Waals surface area contributed by atoms with Gasteiger partial charge in [-0.2, -0.15) is 0 Å². The van der Waals surface area contributed by atoms with E-state index in [0.29, 0.717) is 38.6 Å². The first-order valence-electron chi connectivity index (χ1n) is 13.8. The first-order chi connectivity index (χ1) is 20.2. The highest BCUT2D eigenvalue weighted by Crippen LogP contribution is 2.34. The smallest absolute Gasteiger partial charge is 0.411 e. The summed E-state index contributed by atoms with van der Waals surface area (Å²) in [6, 6.07) is 12.7. The predicted molar refractivity (Wildman–Crippen MR) is 163 cm³/mol. The molecule has 2 heterocycles. The molecule has 43 heavy (non-hydrogen) atoms. The molecule has 0 aliphatic heterocycles. The average Bonchev–Trinajstić information content (AvgIpc) is 3.56. The van der Waals surface area contributed by atoms with Crippen molar-refractivity contribution in [1.29, 1.82) is 0 Å². The van der Waals surface area contributed by atoms with E-state index in [1.54, 1.807) is 71.9 Å². The Hall–Kier alpha value is -3.96. The average molecular weight is 631 g/mol. The summed E-state index contributed by atoms with van der Waals surface area (Å²) in [5.41, 5.74) is 0.912. The number of benzene rings is 2. The first kappa shape index (κ1) is 32.0. The zero-order valence-corrected chi connectivity index (χ0v) is 26.5. The second-order valence-electron chi connectivity index (χ2n) is 10.8. The van der Waals surface area contributed by atoms with Crippen molar-refractivity contribution >= 4 is 50.3 Å². The number of rotatable bonds is 10. The zero-order valence-electron chi connectivity index (χ0n) is 25.0. The van der Waals surface area contributed by atoms with Gasteiger partial charge in [-0.1, -0.05) is 11.6 Å². The largest absolute Gasteiger partial charge is 0.467 e. The van der Waals surface area contributed by atoms with E-state index in [-0.39, 0.29) is 36.9 Å². The van der Waals surface area contributed by atoms with Crippen LogP contribution in [0.2, 0.25) is 5.02 Å². The molecular weight excluding hydrogens is 596 g/mol. The van der Waals surface area contributed by atoms with Gasteiger partial charge >= 0.3 is 12.1 Å². The quantitative estimate of drug-likeness (QED) is 0.167. The Morgan fingerprint density at radius 2 is 1.77 bits per heavy atom. The number of aryl methyl sites for hydroxylation is 1. The van der Waals surface area contributed by atoms with Crippen LogP contribution in [0.5, 0.6) is 0 Å². The number of sulfonamides is 1. The molecule has 2 aromatic heterocycles. The summed E-state index contributed by atoms with van der Waals surface area (Å²) in [7, 11) is -4.12. The Morgan fingerprint density at radius 3 is 2.40 bits per heavy atom. The monoisotopic (exact) mass is 630 g/mol. The van der Waals surface area contributed by atoms with E-state index in [1.165, 1.54) is 33.7 Å². The Bertz CT molecular complexity index is 1720. The Labute approximate surface area is 256 Å². The molecular formula is C31H35ClN2O8S. The third-order valence-electron chi connectivity index (χ3n) is 6.49. The summed E-state index contributed by atoms with van der Waals surface area (Å²) in [5, 5.41) is 0.849. The third kappa shape index (κ3) is 7.17. The van der Waals surface area contributed by atoms with E-state index in [1.807, 2.05) is 0 Å². The Kier molecular flexibility index (Phi) is 9.46. The number of halogens is 1. The van der Waals surface area contributed by atoms with Crippen molar-refractivity contribution in [3.05, 3.63) is 82.5 Å². The van der Waals surface area contributed by atoms with Crippen molar-refractivity contribution < 1.29 is 36.3 Å². The third-order valence-corrected chi connectivity index (χ3v) is 8.61. The van der Waals surface area contributed by atoms with Gasteiger partial charge in [-0.25, -0.2) is 18.0 Å². The van der Waals surface area contributed by atoms with Crippen molar-refractivity contribution in [1.82, 2.24) is 4.90 Å². The van der Waals surface area contributed by atoms with Crippen LogP contribution in [0, 0.1) is 6.92 Å². The second kappa shape index (κ2) is 12.7. The molecule has 0 bridgehead atoms. The van der Waals surface area contributed by atoms with Gasteiger partial charge in [0.05, 0.1) is 36.5 Å². The van der Waals surface area contributed by atoms with Crippen molar-refractivity contribution in [2.75, 3.05) is 17.5 Å². The fourth-order valence-corrected chi connectivity index (χ4v) is 6.31. The van der Waals surface area contributed by atoms with Crippen LogP contribution in [-0.4, -0.2) is 44.1 Å². The van der Waals surface area contributed by atoms with Crippen LogP contribution >= 0.6 is 11.6 Å². The fraction of sp³-hybridized carbons (Fsp3) is 0.355. The Morgan fingerprint density at radius 1 is 1.02 bits per heavy atom. The van der Waals surface area contributed by atoms with Crippen LogP contribution in [0.4, 0.5) is 10.5 Å². The van der Waals surface area contributed by atoms with Crippen LogP contribution in [0.1, 0.15) is 62.1 Å². The standard InChI is InChI=1S/C31H35ClN2O8S/c1-7-34(43(37,38)24-12-14-27-25(17-24)20(3)28(41-27)29(35)39-8-2)26-13-11-22(32)16-21(26)18-33(19-23-10-9-15-40-23)30(36)42-31(4,5)6/h9-17H,7-8,18-19H2,1-6H3. The van der Waals surface area contributed by atoms with E-state index < -0.39 is 27.7 Å². The number of anilines is 1. The lowest BCUT2D eigenvalue weighted by Gasteiger charge is -2.30. The summed E-state index contributed by atoms with van der Waals surface area (Å²) < 4.78 is 51.3. The molecule has 2 aromatic carbocycles. The molecule has 0 radical (unpaired) electrons. The molecule has 0 spiro atoms. The van der Waals surface area contributed by atoms with E-state index >= 15 is 0 Å². The lowest BCUT2D eigenvalue weighted by molar-refractivity contribution is 0.0203. The maximum absolute atomic E-state index is 14.1. The number of carbonyl (C=O) groups is 2. The predicted octanol–water partition coefficient (Wildman–Crippen LogP) is 7.32. The highest BCUT2D eigenvalue weighted by molar-refractivity contribution is 7.92. The van der Waals surface area contributed by atoms with Gasteiger partial charge in [-0.3, -0.25) is 9.21 Å². The van der Waals surface area contributed by atoms with Gasteiger partial charge in [0.1, 0.15) is 16.9 Å². The molecule has 12 heteroatoms. The van der Waals surface area contributed by atoms with E-state index in [2.05, 4.69) is 0 Å². The molecule has 4 rings (SSSR count). The molecule has 0 aliphatic rings. The van der Waals surface area contributed by atoms with Gasteiger partial charge in [0, 0.05) is 22.5 Å². The second-order valence-corrected chi connectivity index (χ2v) is 13.1. The molecule has 0 atom stereocenters. The molecule has 0 saturated carbocycles. The minimum Gasteiger partial charge on any atom is -0.467 e. The number of carbonyl (C=O) groups excluding carboxylic acids is 2. The van der Waals surface area contributed by atoms with Crippen LogP contribution in [-0.2, 0) is 32.6 Å². The Balaban J connectivity index is 1.74. The van der Waals surface area contributed by atoms with Crippen molar-refractivity contribution in [3.63, 3.8) is 0 Å².